The van der Waals surface area contributed by atoms with Gasteiger partial charge >= 0.3 is 0 Å². The number of rotatable bonds is 2. The molecule has 1 aromatic rings. The van der Waals surface area contributed by atoms with Gasteiger partial charge in [-0.25, -0.2) is 0 Å². The highest BCUT2D eigenvalue weighted by Gasteiger charge is 2.40. The number of hydrogen-bond acceptors (Lipinski definition) is 5. The van der Waals surface area contributed by atoms with E-state index >= 15 is 0 Å². The predicted octanol–water partition coefficient (Wildman–Crippen LogP) is 0.631. The van der Waals surface area contributed by atoms with Gasteiger partial charge in [0.25, 0.3) is 0 Å². The van der Waals surface area contributed by atoms with E-state index in [2.05, 4.69) is 12.2 Å². The molecule has 1 aromatic carbocycles. The fourth-order valence-corrected chi connectivity index (χ4v) is 3.72. The summed E-state index contributed by atoms with van der Waals surface area (Å²) >= 11 is 0. The molecule has 3 aliphatic heterocycles. The Balaban J connectivity index is 1.49. The molecule has 1 N–H and O–H groups in total. The molecule has 7 heteroatoms. The van der Waals surface area contributed by atoms with E-state index in [4.69, 9.17) is 9.47 Å². The number of nitrogens with one attached hydrogen (secondary N) is 1. The Kier molecular flexibility index (Phi) is 4.25. The first kappa shape index (κ1) is 16.2. The molecule has 4 rings (SSSR count). The second-order valence-electron chi connectivity index (χ2n) is 6.80. The summed E-state index contributed by atoms with van der Waals surface area (Å²) in [5.74, 6) is 0.621. The third-order valence-corrected chi connectivity index (χ3v) is 5.02. The average Bonchev–Trinajstić information content (AvgIpc) is 3.02. The molecule has 2 unspecified atom stereocenters. The Hall–Kier alpha value is -2.28. The fraction of sp³-hybridized carbons (Fsp3) is 0.556. The maximum Gasteiger partial charge on any atom is 0.239 e. The number of carbonyl (C=O) groups excluding carboxylic acids is 2. The molecule has 0 spiro atoms. The summed E-state index contributed by atoms with van der Waals surface area (Å²) in [7, 11) is 0. The summed E-state index contributed by atoms with van der Waals surface area (Å²) in [5.41, 5.74) is 0.762. The molecular weight excluding hydrogens is 322 g/mol. The van der Waals surface area contributed by atoms with Crippen molar-refractivity contribution < 1.29 is 19.1 Å². The number of anilines is 1. The molecule has 134 valence electrons. The van der Waals surface area contributed by atoms with E-state index in [-0.39, 0.29) is 17.9 Å². The van der Waals surface area contributed by atoms with Crippen LogP contribution in [-0.2, 0) is 9.59 Å². The van der Waals surface area contributed by atoms with Crippen LogP contribution in [-0.4, -0.2) is 62.1 Å². The summed E-state index contributed by atoms with van der Waals surface area (Å²) in [4.78, 5) is 29.1. The zero-order valence-corrected chi connectivity index (χ0v) is 14.4. The van der Waals surface area contributed by atoms with Gasteiger partial charge in [0.2, 0.25) is 11.8 Å². The number of benzene rings is 1. The van der Waals surface area contributed by atoms with Crippen LogP contribution in [0.15, 0.2) is 18.2 Å². The minimum Gasteiger partial charge on any atom is -0.486 e. The van der Waals surface area contributed by atoms with Gasteiger partial charge in [-0.05, 0) is 25.5 Å². The van der Waals surface area contributed by atoms with Gasteiger partial charge in [-0.15, -0.1) is 0 Å². The van der Waals surface area contributed by atoms with Gasteiger partial charge in [0.15, 0.2) is 11.5 Å². The van der Waals surface area contributed by atoms with Gasteiger partial charge in [-0.1, -0.05) is 0 Å². The van der Waals surface area contributed by atoms with Gasteiger partial charge in [-0.3, -0.25) is 9.59 Å². The fourth-order valence-electron chi connectivity index (χ4n) is 3.72. The molecule has 0 aromatic heterocycles. The summed E-state index contributed by atoms with van der Waals surface area (Å²) < 4.78 is 11.1. The molecule has 0 aliphatic carbocycles. The van der Waals surface area contributed by atoms with E-state index in [0.717, 1.165) is 12.2 Å². The maximum absolute atomic E-state index is 12.8. The van der Waals surface area contributed by atoms with Gasteiger partial charge < -0.3 is 24.6 Å². The molecule has 3 heterocycles. The number of nitrogens with zero attached hydrogens (tertiary/aromatic N) is 2. The van der Waals surface area contributed by atoms with Crippen molar-refractivity contribution in [2.24, 2.45) is 5.92 Å². The lowest BCUT2D eigenvalue weighted by Gasteiger charge is -2.33. The van der Waals surface area contributed by atoms with E-state index in [1.54, 1.807) is 4.90 Å². The number of amides is 2. The highest BCUT2D eigenvalue weighted by atomic mass is 16.6. The standard InChI is InChI=1S/C18H23N3O4/c1-12-11-20(7-5-19-12)17(22)14-4-6-21(18(14)23)13-2-3-15-16(10-13)25-9-8-24-15/h2-3,10,12,14,19H,4-9,11H2,1H3. The lowest BCUT2D eigenvalue weighted by Crippen LogP contribution is -2.53. The minimum absolute atomic E-state index is 0.0432. The van der Waals surface area contributed by atoms with Crippen LogP contribution in [0.2, 0.25) is 0 Å². The summed E-state index contributed by atoms with van der Waals surface area (Å²) in [6.45, 7) is 5.75. The lowest BCUT2D eigenvalue weighted by molar-refractivity contribution is -0.140. The van der Waals surface area contributed by atoms with Crippen LogP contribution in [0.25, 0.3) is 0 Å². The summed E-state index contributed by atoms with van der Waals surface area (Å²) in [5, 5.41) is 3.32. The van der Waals surface area contributed by atoms with Crippen LogP contribution < -0.4 is 19.7 Å². The molecule has 7 nitrogen and oxygen atoms in total. The molecule has 0 bridgehead atoms. The Morgan fingerprint density at radius 2 is 2.00 bits per heavy atom. The molecule has 3 aliphatic rings. The van der Waals surface area contributed by atoms with Crippen molar-refractivity contribution >= 4 is 17.5 Å². The number of hydrogen-bond donors (Lipinski definition) is 1. The first-order valence-corrected chi connectivity index (χ1v) is 8.86. The van der Waals surface area contributed by atoms with E-state index in [1.807, 2.05) is 23.1 Å². The molecule has 2 amide bonds. The van der Waals surface area contributed by atoms with E-state index in [0.29, 0.717) is 50.8 Å². The van der Waals surface area contributed by atoms with Gasteiger partial charge in [0.1, 0.15) is 19.1 Å². The van der Waals surface area contributed by atoms with Crippen LogP contribution >= 0.6 is 0 Å². The molecule has 2 saturated heterocycles. The summed E-state index contributed by atoms with van der Waals surface area (Å²) in [6, 6.07) is 5.77. The Bertz CT molecular complexity index is 693. The van der Waals surface area contributed by atoms with Crippen LogP contribution in [0.5, 0.6) is 11.5 Å². The quantitative estimate of drug-likeness (QED) is 0.796. The number of carbonyl (C=O) groups is 2. The van der Waals surface area contributed by atoms with Gasteiger partial charge in [-0.2, -0.15) is 0 Å². The van der Waals surface area contributed by atoms with E-state index < -0.39 is 5.92 Å². The molecule has 0 saturated carbocycles. The molecule has 2 fully saturated rings. The number of ether oxygens (including phenoxy) is 2. The van der Waals surface area contributed by atoms with Gasteiger partial charge in [0.05, 0.1) is 0 Å². The van der Waals surface area contributed by atoms with Crippen LogP contribution in [0.3, 0.4) is 0 Å². The highest BCUT2D eigenvalue weighted by molar-refractivity contribution is 6.09. The molecular formula is C18H23N3O4. The molecule has 25 heavy (non-hydrogen) atoms. The zero-order valence-electron chi connectivity index (χ0n) is 14.4. The Morgan fingerprint density at radius 1 is 1.20 bits per heavy atom. The van der Waals surface area contributed by atoms with Gasteiger partial charge in [0, 0.05) is 44.0 Å². The third kappa shape index (κ3) is 3.04. The molecule has 2 atom stereocenters. The first-order valence-electron chi connectivity index (χ1n) is 8.86. The monoisotopic (exact) mass is 345 g/mol. The summed E-state index contributed by atoms with van der Waals surface area (Å²) in [6.07, 6.45) is 0.560. The van der Waals surface area contributed by atoms with Crippen molar-refractivity contribution in [1.29, 1.82) is 0 Å². The normalized spacial score (nSPS) is 26.0. The topological polar surface area (TPSA) is 71.1 Å². The van der Waals surface area contributed by atoms with Crippen molar-refractivity contribution in [1.82, 2.24) is 10.2 Å². The van der Waals surface area contributed by atoms with E-state index in [9.17, 15) is 9.59 Å². The van der Waals surface area contributed by atoms with Crippen molar-refractivity contribution in [2.75, 3.05) is 44.3 Å². The minimum atomic E-state index is -0.571. The van der Waals surface area contributed by atoms with Crippen molar-refractivity contribution in [3.63, 3.8) is 0 Å². The smallest absolute Gasteiger partial charge is 0.239 e. The second-order valence-corrected chi connectivity index (χ2v) is 6.80. The number of fused-ring (bicyclic) bond motifs is 1. The third-order valence-electron chi connectivity index (χ3n) is 5.02. The Labute approximate surface area is 146 Å². The zero-order chi connectivity index (χ0) is 17.4. The Morgan fingerprint density at radius 3 is 2.80 bits per heavy atom. The SMILES string of the molecule is CC1CN(C(=O)C2CCN(c3ccc4c(c3)OCCO4)C2=O)CCN1. The number of piperazine rings is 1. The van der Waals surface area contributed by atoms with E-state index in [1.165, 1.54) is 0 Å². The van der Waals surface area contributed by atoms with Crippen molar-refractivity contribution in [3.05, 3.63) is 18.2 Å². The predicted molar refractivity (Wildman–Crippen MR) is 91.9 cm³/mol. The highest BCUT2D eigenvalue weighted by Crippen LogP contribution is 2.36. The van der Waals surface area contributed by atoms with Crippen LogP contribution in [0, 0.1) is 5.92 Å². The average molecular weight is 345 g/mol. The molecule has 0 radical (unpaired) electrons. The first-order chi connectivity index (χ1) is 12.1. The second kappa shape index (κ2) is 6.55. The van der Waals surface area contributed by atoms with Crippen LogP contribution in [0.4, 0.5) is 5.69 Å². The van der Waals surface area contributed by atoms with Crippen molar-refractivity contribution in [3.8, 4) is 11.5 Å². The lowest BCUT2D eigenvalue weighted by atomic mass is 10.1. The largest absolute Gasteiger partial charge is 0.486 e. The maximum atomic E-state index is 12.8. The van der Waals surface area contributed by atoms with Crippen LogP contribution in [0.1, 0.15) is 13.3 Å². The van der Waals surface area contributed by atoms with Crippen molar-refractivity contribution in [2.45, 2.75) is 19.4 Å².